The van der Waals surface area contributed by atoms with Gasteiger partial charge in [0.15, 0.2) is 6.61 Å². The molecule has 190 valence electrons. The van der Waals surface area contributed by atoms with E-state index in [1.165, 1.54) is 0 Å². The summed E-state index contributed by atoms with van der Waals surface area (Å²) >= 11 is 0. The molecule has 0 unspecified atom stereocenters. The van der Waals surface area contributed by atoms with Crippen LogP contribution in [0.2, 0.25) is 0 Å². The second-order valence-electron chi connectivity index (χ2n) is 10.4. The first-order valence-corrected chi connectivity index (χ1v) is 11.6. The zero-order chi connectivity index (χ0) is 26.2. The lowest BCUT2D eigenvalue weighted by Crippen LogP contribution is -2.34. The largest absolute Gasteiger partial charge is 0.483 e. The van der Waals surface area contributed by atoms with E-state index in [4.69, 9.17) is 9.47 Å². The molecule has 0 saturated carbocycles. The summed E-state index contributed by atoms with van der Waals surface area (Å²) in [7, 11) is 0. The minimum Gasteiger partial charge on any atom is -0.483 e. The molecule has 0 saturated heterocycles. The van der Waals surface area contributed by atoms with E-state index in [0.717, 1.165) is 11.1 Å². The van der Waals surface area contributed by atoms with Crippen molar-refractivity contribution in [3.8, 4) is 5.75 Å². The van der Waals surface area contributed by atoms with Crippen molar-refractivity contribution < 1.29 is 23.9 Å². The first kappa shape index (κ1) is 27.7. The molecule has 35 heavy (non-hydrogen) atoms. The predicted octanol–water partition coefficient (Wildman–Crippen LogP) is 5.16. The number of rotatable bonds is 8. The van der Waals surface area contributed by atoms with Gasteiger partial charge in [-0.25, -0.2) is 4.79 Å². The average molecular weight is 484 g/mol. The lowest BCUT2D eigenvalue weighted by molar-refractivity contribution is -0.118. The van der Waals surface area contributed by atoms with Crippen LogP contribution in [0.15, 0.2) is 42.5 Å². The third kappa shape index (κ3) is 9.68. The minimum atomic E-state index is -0.610. The minimum absolute atomic E-state index is 0.0492. The van der Waals surface area contributed by atoms with E-state index in [-0.39, 0.29) is 36.8 Å². The van der Waals surface area contributed by atoms with Gasteiger partial charge in [0.05, 0.1) is 11.4 Å². The Hall–Kier alpha value is -3.55. The van der Waals surface area contributed by atoms with Crippen molar-refractivity contribution in [3.05, 3.63) is 53.6 Å². The Balaban J connectivity index is 1.92. The maximum atomic E-state index is 12.6. The van der Waals surface area contributed by atoms with Crippen molar-refractivity contribution in [2.45, 2.75) is 65.9 Å². The first-order valence-electron chi connectivity index (χ1n) is 11.6. The van der Waals surface area contributed by atoms with E-state index in [1.54, 1.807) is 45.0 Å². The standard InChI is InChI=1S/C27H37N3O5/c1-18-12-13-22(19(16-18)26(2,3)4)34-17-24(32)30-21-11-9-8-10-20(21)29-23(31)14-15-28-25(33)35-27(5,6)7/h8-13,16H,14-15,17H2,1-7H3,(H,28,33)(H,29,31)(H,30,32). The number of benzene rings is 2. The van der Waals surface area contributed by atoms with E-state index >= 15 is 0 Å². The molecule has 2 aromatic carbocycles. The van der Waals surface area contributed by atoms with Crippen LogP contribution in [0.1, 0.15) is 59.1 Å². The Morgan fingerprint density at radius 1 is 0.857 bits per heavy atom. The molecular formula is C27H37N3O5. The molecule has 8 heteroatoms. The van der Waals surface area contributed by atoms with Crippen molar-refractivity contribution in [1.82, 2.24) is 5.32 Å². The fourth-order valence-corrected chi connectivity index (χ4v) is 3.19. The second kappa shape index (κ2) is 11.7. The zero-order valence-electron chi connectivity index (χ0n) is 21.7. The predicted molar refractivity (Wildman–Crippen MR) is 138 cm³/mol. The number of nitrogens with one attached hydrogen (secondary N) is 3. The Kier molecular flexibility index (Phi) is 9.28. The summed E-state index contributed by atoms with van der Waals surface area (Å²) in [5.74, 6) is 0.00420. The highest BCUT2D eigenvalue weighted by molar-refractivity contribution is 6.00. The first-order chi connectivity index (χ1) is 16.2. The van der Waals surface area contributed by atoms with Gasteiger partial charge in [-0.3, -0.25) is 9.59 Å². The van der Waals surface area contributed by atoms with Crippen LogP contribution in [-0.4, -0.2) is 36.7 Å². The smallest absolute Gasteiger partial charge is 0.407 e. The molecule has 0 bridgehead atoms. The normalized spacial score (nSPS) is 11.4. The van der Waals surface area contributed by atoms with Gasteiger partial charge in [-0.1, -0.05) is 50.6 Å². The second-order valence-corrected chi connectivity index (χ2v) is 10.4. The molecule has 0 spiro atoms. The summed E-state index contributed by atoms with van der Waals surface area (Å²) in [6.45, 7) is 13.5. The number of amides is 3. The van der Waals surface area contributed by atoms with Crippen molar-refractivity contribution in [2.24, 2.45) is 0 Å². The van der Waals surface area contributed by atoms with Crippen LogP contribution in [0, 0.1) is 6.92 Å². The Labute approximate surface area is 207 Å². The maximum Gasteiger partial charge on any atom is 0.407 e. The van der Waals surface area contributed by atoms with Crippen molar-refractivity contribution in [3.63, 3.8) is 0 Å². The number of aryl methyl sites for hydroxylation is 1. The molecule has 0 heterocycles. The van der Waals surface area contributed by atoms with E-state index < -0.39 is 11.7 Å². The monoisotopic (exact) mass is 483 g/mol. The molecule has 0 aliphatic carbocycles. The highest BCUT2D eigenvalue weighted by Gasteiger charge is 2.20. The van der Waals surface area contributed by atoms with Crippen LogP contribution >= 0.6 is 0 Å². The molecule has 0 aliphatic rings. The highest BCUT2D eigenvalue weighted by atomic mass is 16.6. The van der Waals surface area contributed by atoms with Gasteiger partial charge in [0.2, 0.25) is 5.91 Å². The molecule has 0 aromatic heterocycles. The quantitative estimate of drug-likeness (QED) is 0.481. The van der Waals surface area contributed by atoms with E-state index in [1.807, 2.05) is 19.1 Å². The van der Waals surface area contributed by atoms with E-state index in [9.17, 15) is 14.4 Å². The molecule has 3 N–H and O–H groups in total. The molecule has 8 nitrogen and oxygen atoms in total. The molecule has 0 atom stereocenters. The summed E-state index contributed by atoms with van der Waals surface area (Å²) < 4.78 is 11.0. The topological polar surface area (TPSA) is 106 Å². The molecule has 2 rings (SSSR count). The number of hydrogen-bond donors (Lipinski definition) is 3. The third-order valence-electron chi connectivity index (χ3n) is 4.80. The Morgan fingerprint density at radius 2 is 1.46 bits per heavy atom. The zero-order valence-corrected chi connectivity index (χ0v) is 21.7. The van der Waals surface area contributed by atoms with Gasteiger partial charge in [-0.05, 0) is 56.9 Å². The van der Waals surface area contributed by atoms with Crippen LogP contribution in [0.3, 0.4) is 0 Å². The van der Waals surface area contributed by atoms with E-state index in [2.05, 4.69) is 42.8 Å². The Morgan fingerprint density at radius 3 is 2.03 bits per heavy atom. The molecule has 3 amide bonds. The van der Waals surface area contributed by atoms with Crippen molar-refractivity contribution in [2.75, 3.05) is 23.8 Å². The van der Waals surface area contributed by atoms with Crippen LogP contribution < -0.4 is 20.7 Å². The van der Waals surface area contributed by atoms with E-state index in [0.29, 0.717) is 17.1 Å². The lowest BCUT2D eigenvalue weighted by Gasteiger charge is -2.23. The maximum absolute atomic E-state index is 12.6. The number of hydrogen-bond acceptors (Lipinski definition) is 5. The van der Waals surface area contributed by atoms with Gasteiger partial charge in [-0.15, -0.1) is 0 Å². The summed E-state index contributed by atoms with van der Waals surface area (Å²) in [4.78, 5) is 36.7. The van der Waals surface area contributed by atoms with Gasteiger partial charge in [0, 0.05) is 13.0 Å². The fourth-order valence-electron chi connectivity index (χ4n) is 3.19. The van der Waals surface area contributed by atoms with Gasteiger partial charge in [0.25, 0.3) is 5.91 Å². The number of ether oxygens (including phenoxy) is 2. The average Bonchev–Trinajstić information content (AvgIpc) is 2.72. The van der Waals surface area contributed by atoms with Gasteiger partial charge in [-0.2, -0.15) is 0 Å². The van der Waals surface area contributed by atoms with Crippen molar-refractivity contribution in [1.29, 1.82) is 0 Å². The molecule has 0 aliphatic heterocycles. The van der Waals surface area contributed by atoms with Crippen LogP contribution in [0.5, 0.6) is 5.75 Å². The van der Waals surface area contributed by atoms with Crippen molar-refractivity contribution >= 4 is 29.3 Å². The highest BCUT2D eigenvalue weighted by Crippen LogP contribution is 2.32. The number of anilines is 2. The fraction of sp³-hybridized carbons (Fsp3) is 0.444. The van der Waals surface area contributed by atoms with Crippen LogP contribution in [0.4, 0.5) is 16.2 Å². The summed E-state index contributed by atoms with van der Waals surface area (Å²) in [6.07, 6.45) is -0.533. The number of carbonyl (C=O) groups excluding carboxylic acids is 3. The Bertz CT molecular complexity index is 1050. The van der Waals surface area contributed by atoms with Gasteiger partial charge < -0.3 is 25.4 Å². The van der Waals surface area contributed by atoms with Crippen LogP contribution in [-0.2, 0) is 19.7 Å². The lowest BCUT2D eigenvalue weighted by atomic mass is 9.85. The van der Waals surface area contributed by atoms with Gasteiger partial charge >= 0.3 is 6.09 Å². The number of alkyl carbamates (subject to hydrolysis) is 1. The summed E-state index contributed by atoms with van der Waals surface area (Å²) in [5.41, 5.74) is 2.31. The van der Waals surface area contributed by atoms with Gasteiger partial charge in [0.1, 0.15) is 11.4 Å². The van der Waals surface area contributed by atoms with Crippen LogP contribution in [0.25, 0.3) is 0 Å². The molecular weight excluding hydrogens is 446 g/mol. The number of para-hydroxylation sites is 2. The third-order valence-corrected chi connectivity index (χ3v) is 4.80. The molecule has 2 aromatic rings. The SMILES string of the molecule is Cc1ccc(OCC(=O)Nc2ccccc2NC(=O)CCNC(=O)OC(C)(C)C)c(C(C)(C)C)c1. The summed E-state index contributed by atoms with van der Waals surface area (Å²) in [5, 5.41) is 8.09. The summed E-state index contributed by atoms with van der Waals surface area (Å²) in [6, 6.07) is 12.8. The molecule has 0 radical (unpaired) electrons. The molecule has 0 fully saturated rings. The number of carbonyl (C=O) groups is 3.